The molecular formula is C18H28FNO. The summed E-state index contributed by atoms with van der Waals surface area (Å²) in [4.78, 5) is 12.1. The molecule has 0 aliphatic rings. The first-order chi connectivity index (χ1) is 9.67. The maximum Gasteiger partial charge on any atom is 0.251 e. The van der Waals surface area contributed by atoms with Gasteiger partial charge in [-0.2, -0.15) is 0 Å². The molecule has 3 heteroatoms. The Morgan fingerprint density at radius 1 is 1.19 bits per heavy atom. The third-order valence-electron chi connectivity index (χ3n) is 3.36. The van der Waals surface area contributed by atoms with Crippen LogP contribution < -0.4 is 5.32 Å². The second kappa shape index (κ2) is 7.58. The van der Waals surface area contributed by atoms with Crippen molar-refractivity contribution in [1.82, 2.24) is 5.32 Å². The number of nitrogens with one attached hydrogen (secondary N) is 1. The molecule has 0 aliphatic carbocycles. The third-order valence-corrected chi connectivity index (χ3v) is 3.36. The molecule has 1 atom stereocenters. The lowest BCUT2D eigenvalue weighted by atomic mass is 9.81. The van der Waals surface area contributed by atoms with Crippen LogP contribution in [0.5, 0.6) is 0 Å². The van der Waals surface area contributed by atoms with E-state index in [9.17, 15) is 9.18 Å². The average molecular weight is 293 g/mol. The van der Waals surface area contributed by atoms with E-state index in [1.807, 2.05) is 0 Å². The quantitative estimate of drug-likeness (QED) is 0.812. The zero-order valence-electron chi connectivity index (χ0n) is 13.9. The van der Waals surface area contributed by atoms with Gasteiger partial charge in [-0.15, -0.1) is 0 Å². The van der Waals surface area contributed by atoms with E-state index < -0.39 is 0 Å². The number of carbonyl (C=O) groups is 1. The minimum Gasteiger partial charge on any atom is -0.352 e. The lowest BCUT2D eigenvalue weighted by molar-refractivity contribution is 0.0939. The highest BCUT2D eigenvalue weighted by Crippen LogP contribution is 2.28. The van der Waals surface area contributed by atoms with Gasteiger partial charge in [0.05, 0.1) is 0 Å². The van der Waals surface area contributed by atoms with Gasteiger partial charge < -0.3 is 5.32 Å². The summed E-state index contributed by atoms with van der Waals surface area (Å²) in [6, 6.07) is 5.67. The summed E-state index contributed by atoms with van der Waals surface area (Å²) in [5.41, 5.74) is 0.760. The first kappa shape index (κ1) is 17.7. The van der Waals surface area contributed by atoms with Crippen molar-refractivity contribution in [3.8, 4) is 0 Å². The molecule has 118 valence electrons. The van der Waals surface area contributed by atoms with Gasteiger partial charge in [-0.05, 0) is 54.4 Å². The summed E-state index contributed by atoms with van der Waals surface area (Å²) < 4.78 is 12.9. The molecule has 2 nitrogen and oxygen atoms in total. The molecule has 21 heavy (non-hydrogen) atoms. The molecule has 0 heterocycles. The predicted molar refractivity (Wildman–Crippen MR) is 85.8 cm³/mol. The Hall–Kier alpha value is -1.38. The number of carbonyl (C=O) groups excluding carboxylic acids is 1. The highest BCUT2D eigenvalue weighted by molar-refractivity contribution is 5.94. The van der Waals surface area contributed by atoms with E-state index in [0.29, 0.717) is 23.9 Å². The minimum atomic E-state index is -0.322. The summed E-state index contributed by atoms with van der Waals surface area (Å²) >= 11 is 0. The fraction of sp³-hybridized carbons (Fsp3) is 0.611. The van der Waals surface area contributed by atoms with Gasteiger partial charge in [-0.25, -0.2) is 4.39 Å². The normalized spacial score (nSPS) is 13.3. The van der Waals surface area contributed by atoms with Crippen LogP contribution in [-0.4, -0.2) is 12.5 Å². The van der Waals surface area contributed by atoms with E-state index in [1.165, 1.54) is 24.3 Å². The van der Waals surface area contributed by atoms with Gasteiger partial charge in [0.2, 0.25) is 0 Å². The molecule has 1 amide bonds. The fourth-order valence-corrected chi connectivity index (χ4v) is 2.71. The molecule has 0 saturated heterocycles. The summed E-state index contributed by atoms with van der Waals surface area (Å²) in [6.45, 7) is 11.8. The number of amides is 1. The Morgan fingerprint density at radius 3 is 2.24 bits per heavy atom. The van der Waals surface area contributed by atoms with Gasteiger partial charge in [0.15, 0.2) is 0 Å². The molecular weight excluding hydrogens is 265 g/mol. The van der Waals surface area contributed by atoms with Crippen molar-refractivity contribution in [1.29, 1.82) is 0 Å². The van der Waals surface area contributed by atoms with Crippen LogP contribution >= 0.6 is 0 Å². The maximum absolute atomic E-state index is 12.9. The van der Waals surface area contributed by atoms with Gasteiger partial charge in [-0.1, -0.05) is 34.6 Å². The van der Waals surface area contributed by atoms with Crippen LogP contribution in [0.25, 0.3) is 0 Å². The zero-order chi connectivity index (χ0) is 16.0. The molecule has 0 aromatic heterocycles. The van der Waals surface area contributed by atoms with Crippen LogP contribution in [-0.2, 0) is 0 Å². The lowest BCUT2D eigenvalue weighted by Crippen LogP contribution is -2.31. The molecule has 1 N–H and O–H groups in total. The Kier molecular flexibility index (Phi) is 6.38. The largest absolute Gasteiger partial charge is 0.352 e. The first-order valence-electron chi connectivity index (χ1n) is 7.71. The summed E-state index contributed by atoms with van der Waals surface area (Å²) in [5.74, 6) is 0.629. The third kappa shape index (κ3) is 7.26. The lowest BCUT2D eigenvalue weighted by Gasteiger charge is -2.27. The molecule has 0 radical (unpaired) electrons. The standard InChI is InChI=1S/C18H28FNO/c1-13(2)10-14(11-18(3,4)5)12-20-17(21)15-6-8-16(19)9-7-15/h6-9,13-14H,10-12H2,1-5H3,(H,20,21). The first-order valence-corrected chi connectivity index (χ1v) is 7.71. The topological polar surface area (TPSA) is 29.1 Å². The average Bonchev–Trinajstić information content (AvgIpc) is 2.34. The van der Waals surface area contributed by atoms with E-state index in [-0.39, 0.29) is 17.1 Å². The second-order valence-corrected chi connectivity index (χ2v) is 7.48. The molecule has 1 unspecified atom stereocenters. The van der Waals surface area contributed by atoms with Crippen LogP contribution in [0.3, 0.4) is 0 Å². The van der Waals surface area contributed by atoms with Gasteiger partial charge in [-0.3, -0.25) is 4.79 Å². The monoisotopic (exact) mass is 293 g/mol. The summed E-state index contributed by atoms with van der Waals surface area (Å²) in [5, 5.41) is 2.99. The second-order valence-electron chi connectivity index (χ2n) is 7.48. The maximum atomic E-state index is 12.9. The van der Waals surface area contributed by atoms with Crippen LogP contribution in [0, 0.1) is 23.1 Å². The van der Waals surface area contributed by atoms with Crippen LogP contribution in [0.4, 0.5) is 4.39 Å². The molecule has 1 rings (SSSR count). The number of benzene rings is 1. The number of rotatable bonds is 6. The van der Waals surface area contributed by atoms with E-state index in [4.69, 9.17) is 0 Å². The minimum absolute atomic E-state index is 0.127. The highest BCUT2D eigenvalue weighted by atomic mass is 19.1. The SMILES string of the molecule is CC(C)CC(CNC(=O)c1ccc(F)cc1)CC(C)(C)C. The van der Waals surface area contributed by atoms with Crippen molar-refractivity contribution in [3.63, 3.8) is 0 Å². The van der Waals surface area contributed by atoms with Gasteiger partial charge >= 0.3 is 0 Å². The van der Waals surface area contributed by atoms with E-state index in [1.54, 1.807) is 0 Å². The number of hydrogen-bond acceptors (Lipinski definition) is 1. The Morgan fingerprint density at radius 2 is 1.76 bits per heavy atom. The van der Waals surface area contributed by atoms with E-state index in [2.05, 4.69) is 39.9 Å². The highest BCUT2D eigenvalue weighted by Gasteiger charge is 2.20. The molecule has 0 spiro atoms. The molecule has 0 saturated carbocycles. The smallest absolute Gasteiger partial charge is 0.251 e. The van der Waals surface area contributed by atoms with Gasteiger partial charge in [0.25, 0.3) is 5.91 Å². The van der Waals surface area contributed by atoms with Crippen molar-refractivity contribution >= 4 is 5.91 Å². The van der Waals surface area contributed by atoms with Crippen molar-refractivity contribution in [3.05, 3.63) is 35.6 Å². The molecule has 0 aliphatic heterocycles. The van der Waals surface area contributed by atoms with Crippen LogP contribution in [0.2, 0.25) is 0 Å². The fourth-order valence-electron chi connectivity index (χ4n) is 2.71. The summed E-state index contributed by atoms with van der Waals surface area (Å²) in [7, 11) is 0. The number of halogens is 1. The van der Waals surface area contributed by atoms with Crippen molar-refractivity contribution in [2.75, 3.05) is 6.54 Å². The molecule has 1 aromatic carbocycles. The summed E-state index contributed by atoms with van der Waals surface area (Å²) in [6.07, 6.45) is 2.18. The Labute approximate surface area is 128 Å². The molecule has 0 fully saturated rings. The Bertz CT molecular complexity index is 445. The predicted octanol–water partition coefficient (Wildman–Crippen LogP) is 4.65. The zero-order valence-corrected chi connectivity index (χ0v) is 13.9. The Balaban J connectivity index is 2.59. The molecule has 1 aromatic rings. The van der Waals surface area contributed by atoms with Crippen molar-refractivity contribution < 1.29 is 9.18 Å². The van der Waals surface area contributed by atoms with Gasteiger partial charge in [0, 0.05) is 12.1 Å². The molecule has 0 bridgehead atoms. The number of hydrogen-bond donors (Lipinski definition) is 1. The van der Waals surface area contributed by atoms with Crippen molar-refractivity contribution in [2.24, 2.45) is 17.3 Å². The van der Waals surface area contributed by atoms with Gasteiger partial charge in [0.1, 0.15) is 5.82 Å². The van der Waals surface area contributed by atoms with Crippen LogP contribution in [0.15, 0.2) is 24.3 Å². The van der Waals surface area contributed by atoms with Crippen LogP contribution in [0.1, 0.15) is 57.8 Å². The van der Waals surface area contributed by atoms with E-state index >= 15 is 0 Å². The van der Waals surface area contributed by atoms with E-state index in [0.717, 1.165) is 12.8 Å². The van der Waals surface area contributed by atoms with Crippen molar-refractivity contribution in [2.45, 2.75) is 47.5 Å².